The van der Waals surface area contributed by atoms with E-state index in [-0.39, 0.29) is 6.61 Å². The predicted molar refractivity (Wildman–Crippen MR) is 67.1 cm³/mol. The van der Waals surface area contributed by atoms with Gasteiger partial charge >= 0.3 is 0 Å². The molecule has 0 amide bonds. The van der Waals surface area contributed by atoms with Crippen molar-refractivity contribution in [3.8, 4) is 0 Å². The van der Waals surface area contributed by atoms with Gasteiger partial charge in [0.15, 0.2) is 0 Å². The van der Waals surface area contributed by atoms with Crippen LogP contribution in [0.5, 0.6) is 0 Å². The summed E-state index contributed by atoms with van der Waals surface area (Å²) in [6.07, 6.45) is 7.50. The van der Waals surface area contributed by atoms with Crippen LogP contribution < -0.4 is 0 Å². The van der Waals surface area contributed by atoms with Gasteiger partial charge in [0, 0.05) is 5.71 Å². The number of aliphatic hydroxyl groups excluding tert-OH is 1. The summed E-state index contributed by atoms with van der Waals surface area (Å²) in [5, 5.41) is 9.11. The highest BCUT2D eigenvalue weighted by Gasteiger charge is 1.98. The number of aliphatic hydroxyl groups is 1. The molecule has 84 valence electrons. The van der Waals surface area contributed by atoms with E-state index >= 15 is 0 Å². The zero-order valence-electron chi connectivity index (χ0n) is 9.95. The number of rotatable bonds is 6. The van der Waals surface area contributed by atoms with Crippen LogP contribution in [0.1, 0.15) is 33.6 Å². The number of aliphatic imine (C=N–C) groups is 1. The van der Waals surface area contributed by atoms with Crippen molar-refractivity contribution in [2.45, 2.75) is 33.6 Å². The molecule has 0 aromatic heterocycles. The zero-order chi connectivity index (χ0) is 11.7. The maximum Gasteiger partial charge on any atom is 0.0813 e. The Bertz CT molecular complexity index is 285. The van der Waals surface area contributed by atoms with Gasteiger partial charge in [-0.25, -0.2) is 0 Å². The third-order valence-electron chi connectivity index (χ3n) is 2.01. The predicted octanol–water partition coefficient (Wildman–Crippen LogP) is 3.26. The van der Waals surface area contributed by atoms with Crippen molar-refractivity contribution >= 4 is 5.71 Å². The summed E-state index contributed by atoms with van der Waals surface area (Å²) in [5.41, 5.74) is 2.72. The van der Waals surface area contributed by atoms with Gasteiger partial charge < -0.3 is 5.11 Å². The van der Waals surface area contributed by atoms with Gasteiger partial charge in [-0.1, -0.05) is 32.1 Å². The highest BCUT2D eigenvalue weighted by molar-refractivity contribution is 5.86. The molecule has 0 saturated heterocycles. The Hall–Kier alpha value is -1.15. The van der Waals surface area contributed by atoms with Gasteiger partial charge in [0.25, 0.3) is 0 Å². The van der Waals surface area contributed by atoms with Crippen LogP contribution in [0.25, 0.3) is 0 Å². The van der Waals surface area contributed by atoms with Gasteiger partial charge in [-0.05, 0) is 31.9 Å². The SMILES string of the molecule is C=C/C(N=C(CO)CCC)=C(C)\C=C/C. The zero-order valence-corrected chi connectivity index (χ0v) is 9.95. The first kappa shape index (κ1) is 13.8. The number of allylic oxidation sites excluding steroid dienone is 4. The molecule has 2 heteroatoms. The standard InChI is InChI=1S/C13H21NO/c1-5-8-11(4)13(7-3)14-12(10-15)9-6-2/h5,7-8,15H,3,6,9-10H2,1-2,4H3/b8-5-,13-11+,14-12?. The summed E-state index contributed by atoms with van der Waals surface area (Å²) < 4.78 is 0. The van der Waals surface area contributed by atoms with E-state index in [9.17, 15) is 0 Å². The normalized spacial score (nSPS) is 14.3. The van der Waals surface area contributed by atoms with Gasteiger partial charge in [0.2, 0.25) is 0 Å². The van der Waals surface area contributed by atoms with Crippen molar-refractivity contribution < 1.29 is 5.11 Å². The summed E-state index contributed by atoms with van der Waals surface area (Å²) >= 11 is 0. The average Bonchev–Trinajstić information content (AvgIpc) is 2.24. The van der Waals surface area contributed by atoms with Crippen molar-refractivity contribution in [2.24, 2.45) is 4.99 Å². The van der Waals surface area contributed by atoms with Crippen LogP contribution in [-0.4, -0.2) is 17.4 Å². The molecule has 0 rings (SSSR count). The molecule has 0 aromatic rings. The third kappa shape index (κ3) is 5.33. The summed E-state index contributed by atoms with van der Waals surface area (Å²) in [6, 6.07) is 0. The van der Waals surface area contributed by atoms with E-state index < -0.39 is 0 Å². The second-order valence-corrected chi connectivity index (χ2v) is 3.36. The van der Waals surface area contributed by atoms with Crippen LogP contribution in [0.2, 0.25) is 0 Å². The van der Waals surface area contributed by atoms with Crippen LogP contribution in [0.3, 0.4) is 0 Å². The molecule has 0 aliphatic carbocycles. The van der Waals surface area contributed by atoms with Crippen LogP contribution in [0.4, 0.5) is 0 Å². The van der Waals surface area contributed by atoms with Gasteiger partial charge in [0.05, 0.1) is 12.3 Å². The number of hydrogen-bond acceptors (Lipinski definition) is 2. The quantitative estimate of drug-likeness (QED) is 0.526. The highest BCUT2D eigenvalue weighted by atomic mass is 16.3. The van der Waals surface area contributed by atoms with E-state index in [1.54, 1.807) is 6.08 Å². The van der Waals surface area contributed by atoms with Gasteiger partial charge in [-0.3, -0.25) is 4.99 Å². The molecule has 0 aromatic carbocycles. The van der Waals surface area contributed by atoms with E-state index in [1.165, 1.54) is 0 Å². The van der Waals surface area contributed by atoms with Crippen molar-refractivity contribution in [1.82, 2.24) is 0 Å². The minimum atomic E-state index is 0.0221. The topological polar surface area (TPSA) is 32.6 Å². The molecule has 2 nitrogen and oxygen atoms in total. The highest BCUT2D eigenvalue weighted by Crippen LogP contribution is 2.10. The van der Waals surface area contributed by atoms with E-state index in [0.29, 0.717) is 0 Å². The lowest BCUT2D eigenvalue weighted by Gasteiger charge is -2.03. The summed E-state index contributed by atoms with van der Waals surface area (Å²) in [6.45, 7) is 9.78. The monoisotopic (exact) mass is 207 g/mol. The van der Waals surface area contributed by atoms with Crippen LogP contribution in [0, 0.1) is 0 Å². The smallest absolute Gasteiger partial charge is 0.0813 e. The van der Waals surface area contributed by atoms with E-state index in [4.69, 9.17) is 5.11 Å². The molecule has 0 aliphatic heterocycles. The van der Waals surface area contributed by atoms with E-state index in [1.807, 2.05) is 26.0 Å². The Balaban J connectivity index is 4.97. The van der Waals surface area contributed by atoms with Crippen LogP contribution in [-0.2, 0) is 0 Å². The van der Waals surface area contributed by atoms with Gasteiger partial charge in [-0.15, -0.1) is 0 Å². The molecule has 0 aliphatic rings. The third-order valence-corrected chi connectivity index (χ3v) is 2.01. The molecule has 0 atom stereocenters. The molecular weight excluding hydrogens is 186 g/mol. The summed E-state index contributed by atoms with van der Waals surface area (Å²) in [5.74, 6) is 0. The molecular formula is C13H21NO. The molecule has 0 saturated carbocycles. The number of nitrogens with zero attached hydrogens (tertiary/aromatic N) is 1. The largest absolute Gasteiger partial charge is 0.390 e. The van der Waals surface area contributed by atoms with E-state index in [2.05, 4.69) is 18.5 Å². The minimum Gasteiger partial charge on any atom is -0.390 e. The Morgan fingerprint density at radius 2 is 2.13 bits per heavy atom. The molecule has 0 unspecified atom stereocenters. The summed E-state index contributed by atoms with van der Waals surface area (Å²) in [7, 11) is 0. The van der Waals surface area contributed by atoms with Crippen molar-refractivity contribution in [3.05, 3.63) is 36.1 Å². The van der Waals surface area contributed by atoms with E-state index in [0.717, 1.165) is 29.8 Å². The number of hydrogen-bond donors (Lipinski definition) is 1. The fourth-order valence-corrected chi connectivity index (χ4v) is 1.26. The first-order valence-corrected chi connectivity index (χ1v) is 5.32. The van der Waals surface area contributed by atoms with Crippen molar-refractivity contribution in [2.75, 3.05) is 6.61 Å². The molecule has 15 heavy (non-hydrogen) atoms. The van der Waals surface area contributed by atoms with Crippen molar-refractivity contribution in [3.63, 3.8) is 0 Å². The van der Waals surface area contributed by atoms with Crippen LogP contribution >= 0.6 is 0 Å². The first-order valence-electron chi connectivity index (χ1n) is 5.32. The molecule has 0 fully saturated rings. The Kier molecular flexibility index (Phi) is 7.56. The lowest BCUT2D eigenvalue weighted by molar-refractivity contribution is 0.354. The maximum absolute atomic E-state index is 9.11. The van der Waals surface area contributed by atoms with Crippen molar-refractivity contribution in [1.29, 1.82) is 0 Å². The fraction of sp³-hybridized carbons (Fsp3) is 0.462. The fourth-order valence-electron chi connectivity index (χ4n) is 1.26. The van der Waals surface area contributed by atoms with Gasteiger partial charge in [0.1, 0.15) is 0 Å². The Morgan fingerprint density at radius 3 is 2.53 bits per heavy atom. The van der Waals surface area contributed by atoms with Gasteiger partial charge in [-0.2, -0.15) is 0 Å². The molecule has 0 radical (unpaired) electrons. The Labute approximate surface area is 92.7 Å². The molecule has 0 spiro atoms. The first-order chi connectivity index (χ1) is 7.19. The maximum atomic E-state index is 9.11. The summed E-state index contributed by atoms with van der Waals surface area (Å²) in [4.78, 5) is 4.40. The molecule has 0 heterocycles. The lowest BCUT2D eigenvalue weighted by Crippen LogP contribution is -2.04. The molecule has 1 N–H and O–H groups in total. The second-order valence-electron chi connectivity index (χ2n) is 3.36. The minimum absolute atomic E-state index is 0.0221. The Morgan fingerprint density at radius 1 is 1.47 bits per heavy atom. The average molecular weight is 207 g/mol. The lowest BCUT2D eigenvalue weighted by atomic mass is 10.2. The molecule has 0 bridgehead atoms. The van der Waals surface area contributed by atoms with Crippen LogP contribution in [0.15, 0.2) is 41.1 Å². The second kappa shape index (κ2) is 8.18.